The molecule has 2 aromatic rings. The summed E-state index contributed by atoms with van der Waals surface area (Å²) in [5, 5.41) is 0. The third-order valence-electron chi connectivity index (χ3n) is 3.98. The number of halogens is 1. The smallest absolute Gasteiger partial charge is 0.234 e. The standard InChI is InChI=1S/C17H16BrNO2/c1-19-16-6-4-3-5-13(16)14(17(19)20)10-11-9-12(21-2)7-8-15(11)18/h3-9,14H,10H2,1-2H3. The van der Waals surface area contributed by atoms with E-state index in [2.05, 4.69) is 15.9 Å². The predicted octanol–water partition coefficient (Wildman–Crippen LogP) is 3.76. The highest BCUT2D eigenvalue weighted by atomic mass is 79.9. The summed E-state index contributed by atoms with van der Waals surface area (Å²) in [4.78, 5) is 14.3. The second kappa shape index (κ2) is 5.53. The Hall–Kier alpha value is -1.81. The highest BCUT2D eigenvalue weighted by Crippen LogP contribution is 2.39. The van der Waals surface area contributed by atoms with Gasteiger partial charge in [-0.3, -0.25) is 4.79 Å². The van der Waals surface area contributed by atoms with Gasteiger partial charge >= 0.3 is 0 Å². The maximum absolute atomic E-state index is 12.5. The minimum absolute atomic E-state index is 0.130. The molecule has 0 aromatic heterocycles. The van der Waals surface area contributed by atoms with Gasteiger partial charge in [0.05, 0.1) is 13.0 Å². The molecule has 0 bridgehead atoms. The van der Waals surface area contributed by atoms with Gasteiger partial charge in [0, 0.05) is 17.2 Å². The Bertz CT molecular complexity index is 699. The number of likely N-dealkylation sites (N-methyl/N-ethyl adjacent to an activating group) is 1. The fourth-order valence-corrected chi connectivity index (χ4v) is 3.23. The van der Waals surface area contributed by atoms with Crippen LogP contribution in [0.4, 0.5) is 5.69 Å². The summed E-state index contributed by atoms with van der Waals surface area (Å²) in [5.74, 6) is 0.820. The van der Waals surface area contributed by atoms with Crippen molar-refractivity contribution >= 4 is 27.5 Å². The van der Waals surface area contributed by atoms with Crippen LogP contribution < -0.4 is 9.64 Å². The van der Waals surface area contributed by atoms with Gasteiger partial charge < -0.3 is 9.64 Å². The van der Waals surface area contributed by atoms with Crippen LogP contribution in [0.1, 0.15) is 17.0 Å². The molecule has 3 nitrogen and oxygen atoms in total. The summed E-state index contributed by atoms with van der Waals surface area (Å²) in [6.07, 6.45) is 0.665. The predicted molar refractivity (Wildman–Crippen MR) is 87.0 cm³/mol. The van der Waals surface area contributed by atoms with Gasteiger partial charge in [0.1, 0.15) is 5.75 Å². The maximum atomic E-state index is 12.5. The molecule has 0 N–H and O–H groups in total. The number of methoxy groups -OCH3 is 1. The van der Waals surface area contributed by atoms with Gasteiger partial charge in [-0.25, -0.2) is 0 Å². The van der Waals surface area contributed by atoms with E-state index in [1.54, 1.807) is 12.0 Å². The minimum atomic E-state index is -0.130. The summed E-state index contributed by atoms with van der Waals surface area (Å²) < 4.78 is 6.28. The number of amides is 1. The first-order valence-electron chi connectivity index (χ1n) is 6.80. The van der Waals surface area contributed by atoms with Crippen LogP contribution in [-0.4, -0.2) is 20.1 Å². The van der Waals surface area contributed by atoms with Crippen LogP contribution in [-0.2, 0) is 11.2 Å². The summed E-state index contributed by atoms with van der Waals surface area (Å²) in [6, 6.07) is 13.8. The van der Waals surface area contributed by atoms with Crippen LogP contribution in [0.3, 0.4) is 0 Å². The molecule has 1 aliphatic rings. The number of nitrogens with zero attached hydrogens (tertiary/aromatic N) is 1. The van der Waals surface area contributed by atoms with E-state index in [4.69, 9.17) is 4.74 Å². The third kappa shape index (κ3) is 2.44. The minimum Gasteiger partial charge on any atom is -0.497 e. The van der Waals surface area contributed by atoms with E-state index < -0.39 is 0 Å². The van der Waals surface area contributed by atoms with Crippen molar-refractivity contribution in [3.8, 4) is 5.75 Å². The molecule has 108 valence electrons. The molecular weight excluding hydrogens is 330 g/mol. The Kier molecular flexibility index (Phi) is 3.72. The lowest BCUT2D eigenvalue weighted by Gasteiger charge is -2.13. The van der Waals surface area contributed by atoms with Gasteiger partial charge in [0.15, 0.2) is 0 Å². The van der Waals surface area contributed by atoms with Crippen LogP contribution in [0.15, 0.2) is 46.9 Å². The van der Waals surface area contributed by atoms with Crippen LogP contribution >= 0.6 is 15.9 Å². The van der Waals surface area contributed by atoms with Gasteiger partial charge in [-0.1, -0.05) is 34.1 Å². The fourth-order valence-electron chi connectivity index (χ4n) is 2.82. The van der Waals surface area contributed by atoms with Gasteiger partial charge in [0.2, 0.25) is 5.91 Å². The molecule has 1 amide bonds. The highest BCUT2D eigenvalue weighted by molar-refractivity contribution is 9.10. The van der Waals surface area contributed by atoms with Crippen molar-refractivity contribution in [3.05, 3.63) is 58.1 Å². The number of hydrogen-bond donors (Lipinski definition) is 0. The zero-order valence-electron chi connectivity index (χ0n) is 12.0. The maximum Gasteiger partial charge on any atom is 0.234 e. The normalized spacial score (nSPS) is 17.0. The lowest BCUT2D eigenvalue weighted by molar-refractivity contribution is -0.119. The summed E-state index contributed by atoms with van der Waals surface area (Å²) in [6.45, 7) is 0. The second-order valence-corrected chi connectivity index (χ2v) is 6.02. The zero-order valence-corrected chi connectivity index (χ0v) is 13.6. The van der Waals surface area contributed by atoms with Crippen LogP contribution in [0.5, 0.6) is 5.75 Å². The molecule has 3 rings (SSSR count). The average molecular weight is 346 g/mol. The van der Waals surface area contributed by atoms with E-state index >= 15 is 0 Å². The number of carbonyl (C=O) groups is 1. The molecule has 0 saturated carbocycles. The zero-order chi connectivity index (χ0) is 15.0. The molecule has 0 spiro atoms. The quantitative estimate of drug-likeness (QED) is 0.847. The number of benzene rings is 2. The highest BCUT2D eigenvalue weighted by Gasteiger charge is 2.35. The number of carbonyl (C=O) groups excluding carboxylic acids is 1. The SMILES string of the molecule is COc1ccc(Br)c(CC2C(=O)N(C)c3ccccc32)c1. The summed E-state index contributed by atoms with van der Waals surface area (Å²) >= 11 is 3.56. The number of rotatable bonds is 3. The molecule has 1 unspecified atom stereocenters. The molecule has 21 heavy (non-hydrogen) atoms. The van der Waals surface area contributed by atoms with Gasteiger partial charge in [-0.15, -0.1) is 0 Å². The fraction of sp³-hybridized carbons (Fsp3) is 0.235. The molecule has 0 radical (unpaired) electrons. The lowest BCUT2D eigenvalue weighted by atomic mass is 9.93. The number of para-hydroxylation sites is 1. The third-order valence-corrected chi connectivity index (χ3v) is 4.75. The number of fused-ring (bicyclic) bond motifs is 1. The molecule has 4 heteroatoms. The first-order chi connectivity index (χ1) is 10.1. The molecule has 0 fully saturated rings. The van der Waals surface area contributed by atoms with E-state index in [1.165, 1.54) is 0 Å². The molecule has 0 aliphatic carbocycles. The summed E-state index contributed by atoms with van der Waals surface area (Å²) in [5.41, 5.74) is 3.18. The van der Waals surface area contributed by atoms with Crippen molar-refractivity contribution in [2.75, 3.05) is 19.1 Å². The molecule has 0 saturated heterocycles. The first kappa shape index (κ1) is 14.1. The van der Waals surface area contributed by atoms with Crippen molar-refractivity contribution in [2.45, 2.75) is 12.3 Å². The topological polar surface area (TPSA) is 29.5 Å². The van der Waals surface area contributed by atoms with Crippen molar-refractivity contribution in [1.29, 1.82) is 0 Å². The van der Waals surface area contributed by atoms with Crippen LogP contribution in [0.25, 0.3) is 0 Å². The lowest BCUT2D eigenvalue weighted by Crippen LogP contribution is -2.24. The number of anilines is 1. The average Bonchev–Trinajstić information content (AvgIpc) is 2.75. The van der Waals surface area contributed by atoms with Gasteiger partial charge in [0.25, 0.3) is 0 Å². The van der Waals surface area contributed by atoms with Crippen LogP contribution in [0.2, 0.25) is 0 Å². The van der Waals surface area contributed by atoms with Crippen LogP contribution in [0, 0.1) is 0 Å². The van der Waals surface area contributed by atoms with E-state index in [0.717, 1.165) is 27.0 Å². The molecule has 1 heterocycles. The Morgan fingerprint density at radius 3 is 2.76 bits per heavy atom. The molecule has 1 aliphatic heterocycles. The second-order valence-electron chi connectivity index (χ2n) is 5.17. The Labute approximate surface area is 132 Å². The van der Waals surface area contributed by atoms with Crippen molar-refractivity contribution < 1.29 is 9.53 Å². The van der Waals surface area contributed by atoms with Crippen molar-refractivity contribution in [3.63, 3.8) is 0 Å². The Morgan fingerprint density at radius 2 is 2.00 bits per heavy atom. The largest absolute Gasteiger partial charge is 0.497 e. The van der Waals surface area contributed by atoms with Crippen molar-refractivity contribution in [1.82, 2.24) is 0 Å². The summed E-state index contributed by atoms with van der Waals surface area (Å²) in [7, 11) is 3.48. The Balaban J connectivity index is 1.97. The molecule has 2 aromatic carbocycles. The number of ether oxygens (including phenoxy) is 1. The monoisotopic (exact) mass is 345 g/mol. The molecular formula is C17H16BrNO2. The van der Waals surface area contributed by atoms with Gasteiger partial charge in [-0.05, 0) is 41.8 Å². The Morgan fingerprint density at radius 1 is 1.24 bits per heavy atom. The van der Waals surface area contributed by atoms with E-state index in [9.17, 15) is 4.79 Å². The number of hydrogen-bond acceptors (Lipinski definition) is 2. The first-order valence-corrected chi connectivity index (χ1v) is 7.60. The van der Waals surface area contributed by atoms with E-state index in [-0.39, 0.29) is 11.8 Å². The molecule has 1 atom stereocenters. The van der Waals surface area contributed by atoms with Gasteiger partial charge in [-0.2, -0.15) is 0 Å². The van der Waals surface area contributed by atoms with Crippen molar-refractivity contribution in [2.24, 2.45) is 0 Å². The van der Waals surface area contributed by atoms with E-state index in [1.807, 2.05) is 49.5 Å². The van der Waals surface area contributed by atoms with E-state index in [0.29, 0.717) is 6.42 Å².